The molecule has 2 saturated heterocycles. The van der Waals surface area contributed by atoms with Crippen LogP contribution in [0.3, 0.4) is 0 Å². The molecule has 5 heteroatoms. The summed E-state index contributed by atoms with van der Waals surface area (Å²) in [5.74, 6) is 0. The highest BCUT2D eigenvalue weighted by Crippen LogP contribution is 2.25. The van der Waals surface area contributed by atoms with Gasteiger partial charge in [-0.05, 0) is 25.7 Å². The average Bonchev–Trinajstić information content (AvgIpc) is 3.17. The van der Waals surface area contributed by atoms with E-state index < -0.39 is 0 Å². The molecule has 130 valence electrons. The summed E-state index contributed by atoms with van der Waals surface area (Å²) in [7, 11) is 0. The van der Waals surface area contributed by atoms with Crippen LogP contribution in [0.25, 0.3) is 0 Å². The lowest BCUT2D eigenvalue weighted by Crippen LogP contribution is -2.37. The van der Waals surface area contributed by atoms with Crippen LogP contribution in [-0.4, -0.2) is 53.6 Å². The van der Waals surface area contributed by atoms with E-state index in [1.807, 2.05) is 6.20 Å². The van der Waals surface area contributed by atoms with Gasteiger partial charge in [-0.1, -0.05) is 20.8 Å². The molecule has 0 aromatic carbocycles. The van der Waals surface area contributed by atoms with Crippen LogP contribution in [0.5, 0.6) is 0 Å². The number of rotatable bonds is 5. The van der Waals surface area contributed by atoms with Crippen molar-refractivity contribution < 1.29 is 9.47 Å². The van der Waals surface area contributed by atoms with Gasteiger partial charge in [0.2, 0.25) is 0 Å². The van der Waals surface area contributed by atoms with Crippen molar-refractivity contribution in [1.29, 1.82) is 0 Å². The molecule has 1 N–H and O–H groups in total. The lowest BCUT2D eigenvalue weighted by molar-refractivity contribution is -0.0427. The van der Waals surface area contributed by atoms with Crippen molar-refractivity contribution in [2.75, 3.05) is 26.3 Å². The molecule has 3 rings (SSSR count). The summed E-state index contributed by atoms with van der Waals surface area (Å²) in [4.78, 5) is 2.52. The zero-order chi connectivity index (χ0) is 16.3. The fourth-order valence-corrected chi connectivity index (χ4v) is 3.57. The van der Waals surface area contributed by atoms with E-state index in [1.165, 1.54) is 17.7 Å². The normalized spacial score (nSPS) is 24.4. The Morgan fingerprint density at radius 1 is 1.30 bits per heavy atom. The molecule has 2 fully saturated rings. The maximum absolute atomic E-state index is 6.06. The number of piperidine rings is 1. The van der Waals surface area contributed by atoms with Crippen LogP contribution in [0, 0.1) is 0 Å². The molecule has 1 aromatic rings. The van der Waals surface area contributed by atoms with Gasteiger partial charge in [0.1, 0.15) is 0 Å². The topological polar surface area (TPSA) is 50.4 Å². The predicted octanol–water partition coefficient (Wildman–Crippen LogP) is 2.87. The van der Waals surface area contributed by atoms with Crippen LogP contribution < -0.4 is 0 Å². The molecule has 2 aliphatic rings. The highest BCUT2D eigenvalue weighted by atomic mass is 16.5. The fourth-order valence-electron chi connectivity index (χ4n) is 3.57. The number of nitrogens with one attached hydrogen (secondary N) is 1. The smallest absolute Gasteiger partial charge is 0.0809 e. The molecule has 0 unspecified atom stereocenters. The van der Waals surface area contributed by atoms with Crippen molar-refractivity contribution in [1.82, 2.24) is 15.1 Å². The van der Waals surface area contributed by atoms with Gasteiger partial charge in [-0.25, -0.2) is 0 Å². The number of hydrogen-bond donors (Lipinski definition) is 1. The van der Waals surface area contributed by atoms with Gasteiger partial charge in [0.25, 0.3) is 0 Å². The van der Waals surface area contributed by atoms with E-state index in [0.29, 0.717) is 12.2 Å². The zero-order valence-corrected chi connectivity index (χ0v) is 14.8. The first-order valence-electron chi connectivity index (χ1n) is 9.00. The van der Waals surface area contributed by atoms with E-state index in [0.717, 1.165) is 52.1 Å². The fraction of sp³-hybridized carbons (Fsp3) is 0.833. The Bertz CT molecular complexity index is 481. The molecule has 0 spiro atoms. The maximum atomic E-state index is 6.06. The van der Waals surface area contributed by atoms with Crippen LogP contribution in [0.15, 0.2) is 6.20 Å². The minimum atomic E-state index is 0.120. The minimum Gasteiger partial charge on any atom is -0.376 e. The van der Waals surface area contributed by atoms with Gasteiger partial charge in [-0.2, -0.15) is 5.10 Å². The number of nitrogens with zero attached hydrogens (tertiary/aromatic N) is 2. The molecule has 23 heavy (non-hydrogen) atoms. The molecular weight excluding hydrogens is 290 g/mol. The molecule has 5 nitrogen and oxygen atoms in total. The van der Waals surface area contributed by atoms with Gasteiger partial charge in [-0.3, -0.25) is 10.00 Å². The Morgan fingerprint density at radius 2 is 2.09 bits per heavy atom. The van der Waals surface area contributed by atoms with E-state index >= 15 is 0 Å². The molecule has 3 heterocycles. The van der Waals surface area contributed by atoms with Gasteiger partial charge in [0.15, 0.2) is 0 Å². The third kappa shape index (κ3) is 4.55. The van der Waals surface area contributed by atoms with Gasteiger partial charge < -0.3 is 9.47 Å². The highest BCUT2D eigenvalue weighted by Gasteiger charge is 2.25. The van der Waals surface area contributed by atoms with Gasteiger partial charge in [0.05, 0.1) is 25.0 Å². The quantitative estimate of drug-likeness (QED) is 0.906. The van der Waals surface area contributed by atoms with Crippen molar-refractivity contribution in [2.45, 2.75) is 70.6 Å². The number of likely N-dealkylation sites (tertiary alicyclic amines) is 1. The lowest BCUT2D eigenvalue weighted by atomic mass is 9.89. The average molecular weight is 321 g/mol. The minimum absolute atomic E-state index is 0.120. The second-order valence-corrected chi connectivity index (χ2v) is 7.96. The molecule has 0 saturated carbocycles. The summed E-state index contributed by atoms with van der Waals surface area (Å²) in [6, 6.07) is 0. The van der Waals surface area contributed by atoms with Gasteiger partial charge >= 0.3 is 0 Å². The maximum Gasteiger partial charge on any atom is 0.0809 e. The van der Waals surface area contributed by atoms with E-state index in [9.17, 15) is 0 Å². The summed E-state index contributed by atoms with van der Waals surface area (Å²) in [6.45, 7) is 11.6. The number of ether oxygens (including phenoxy) is 2. The Hall–Kier alpha value is -0.910. The van der Waals surface area contributed by atoms with Crippen LogP contribution in [0.1, 0.15) is 57.7 Å². The number of aromatic amines is 1. The second-order valence-electron chi connectivity index (χ2n) is 7.96. The van der Waals surface area contributed by atoms with Gasteiger partial charge in [0, 0.05) is 42.9 Å². The summed E-state index contributed by atoms with van der Waals surface area (Å²) in [5.41, 5.74) is 2.71. The van der Waals surface area contributed by atoms with Crippen molar-refractivity contribution >= 4 is 0 Å². The monoisotopic (exact) mass is 321 g/mol. The Kier molecular flexibility index (Phi) is 5.39. The van der Waals surface area contributed by atoms with Crippen LogP contribution in [-0.2, 0) is 21.4 Å². The Balaban J connectivity index is 1.43. The largest absolute Gasteiger partial charge is 0.376 e. The molecule has 0 radical (unpaired) electrons. The van der Waals surface area contributed by atoms with Crippen molar-refractivity contribution in [3.63, 3.8) is 0 Å². The molecule has 0 amide bonds. The van der Waals surface area contributed by atoms with Crippen molar-refractivity contribution in [3.05, 3.63) is 17.5 Å². The predicted molar refractivity (Wildman–Crippen MR) is 90.5 cm³/mol. The summed E-state index contributed by atoms with van der Waals surface area (Å²) < 4.78 is 11.7. The molecular formula is C18H31N3O2. The standard InChI is InChI=1S/C18H31N3O2/c1-18(2,3)17-14(11-19-20-17)12-21-8-6-15(7-9-21)23-13-16-5-4-10-22-16/h11,15-16H,4-10,12-13H2,1-3H3,(H,19,20)/t16-/m1/s1. The summed E-state index contributed by atoms with van der Waals surface area (Å²) >= 11 is 0. The number of aromatic nitrogens is 2. The second kappa shape index (κ2) is 7.32. The van der Waals surface area contributed by atoms with Crippen LogP contribution >= 0.6 is 0 Å². The molecule has 0 aliphatic carbocycles. The molecule has 1 aromatic heterocycles. The van der Waals surface area contributed by atoms with Gasteiger partial charge in [-0.15, -0.1) is 0 Å². The van der Waals surface area contributed by atoms with E-state index in [2.05, 4.69) is 35.9 Å². The first kappa shape index (κ1) is 16.9. The van der Waals surface area contributed by atoms with E-state index in [-0.39, 0.29) is 5.41 Å². The molecule has 2 aliphatic heterocycles. The van der Waals surface area contributed by atoms with E-state index in [4.69, 9.17) is 9.47 Å². The Labute approximate surface area is 139 Å². The third-order valence-electron chi connectivity index (χ3n) is 4.94. The zero-order valence-electron chi connectivity index (χ0n) is 14.8. The number of H-pyrrole nitrogens is 1. The van der Waals surface area contributed by atoms with Crippen LogP contribution in [0.4, 0.5) is 0 Å². The highest BCUT2D eigenvalue weighted by molar-refractivity contribution is 5.23. The Morgan fingerprint density at radius 3 is 2.74 bits per heavy atom. The molecule has 0 bridgehead atoms. The summed E-state index contributed by atoms with van der Waals surface area (Å²) in [6.07, 6.45) is 7.32. The van der Waals surface area contributed by atoms with Crippen LogP contribution in [0.2, 0.25) is 0 Å². The SMILES string of the molecule is CC(C)(C)c1[nH]ncc1CN1CCC(OC[C@H]2CCCO2)CC1. The summed E-state index contributed by atoms with van der Waals surface area (Å²) in [5, 5.41) is 7.43. The number of hydrogen-bond acceptors (Lipinski definition) is 4. The van der Waals surface area contributed by atoms with E-state index in [1.54, 1.807) is 0 Å². The van der Waals surface area contributed by atoms with Crippen molar-refractivity contribution in [3.8, 4) is 0 Å². The first-order valence-corrected chi connectivity index (χ1v) is 9.00. The third-order valence-corrected chi connectivity index (χ3v) is 4.94. The van der Waals surface area contributed by atoms with Crippen molar-refractivity contribution in [2.24, 2.45) is 0 Å². The first-order chi connectivity index (χ1) is 11.0. The lowest BCUT2D eigenvalue weighted by Gasteiger charge is -2.32. The molecule has 1 atom stereocenters.